The fourth-order valence-electron chi connectivity index (χ4n) is 0.972. The van der Waals surface area contributed by atoms with E-state index in [1.165, 1.54) is 0 Å². The Labute approximate surface area is 97.9 Å². The van der Waals surface area contributed by atoms with Gasteiger partial charge in [-0.2, -0.15) is 0 Å². The van der Waals surface area contributed by atoms with Crippen molar-refractivity contribution in [3.63, 3.8) is 0 Å². The van der Waals surface area contributed by atoms with Crippen LogP contribution in [0.5, 0.6) is 0 Å². The number of hydrogen-bond acceptors (Lipinski definition) is 0. The normalized spacial score (nSPS) is 9.25. The maximum atomic E-state index is 5.82. The second kappa shape index (κ2) is 5.83. The predicted octanol–water partition coefficient (Wildman–Crippen LogP) is 4.38. The molecule has 0 fully saturated rings. The molecule has 0 saturated heterocycles. The zero-order valence-corrected chi connectivity index (χ0v) is 13.3. The van der Waals surface area contributed by atoms with Gasteiger partial charge in [-0.05, 0) is 0 Å². The Hall–Kier alpha value is 1.19. The molecular formula is C7H8BrCl3Zn. The zero-order chi connectivity index (χ0) is 8.32. The summed E-state index contributed by atoms with van der Waals surface area (Å²) in [4.78, 5) is 0. The molecule has 1 aromatic rings. The molecule has 0 spiro atoms. The molecule has 1 aromatic carbocycles. The van der Waals surface area contributed by atoms with E-state index >= 15 is 0 Å². The van der Waals surface area contributed by atoms with E-state index in [0.717, 1.165) is 5.56 Å². The third-order valence-corrected chi connectivity index (χ3v) is 6.76. The maximum absolute atomic E-state index is 5.82. The fraction of sp³-hybridized carbons (Fsp3) is 0.143. The van der Waals surface area contributed by atoms with Gasteiger partial charge in [0.25, 0.3) is 0 Å². The molecule has 0 bridgehead atoms. The first-order chi connectivity index (χ1) is 5.08. The van der Waals surface area contributed by atoms with Crippen LogP contribution in [0, 0.1) is 0 Å². The Kier molecular flexibility index (Phi) is 6.41. The summed E-state index contributed by atoms with van der Waals surface area (Å²) in [5.41, 5.74) is 1.13. The van der Waals surface area contributed by atoms with Crippen molar-refractivity contribution in [2.24, 2.45) is 0 Å². The van der Waals surface area contributed by atoms with Gasteiger partial charge in [-0.25, -0.2) is 0 Å². The molecule has 0 radical (unpaired) electrons. The summed E-state index contributed by atoms with van der Waals surface area (Å²) in [5, 5.41) is 0.676. The summed E-state index contributed by atoms with van der Waals surface area (Å²) in [5.74, 6) is 0. The quantitative estimate of drug-likeness (QED) is 0.699. The first kappa shape index (κ1) is 13.2. The second-order valence-electron chi connectivity index (χ2n) is 2.61. The average molecular weight is 344 g/mol. The molecule has 0 N–H and O–H groups in total. The first-order valence-electron chi connectivity index (χ1n) is 3.57. The Balaban J connectivity index is 0.00000121. The van der Waals surface area contributed by atoms with Gasteiger partial charge in [0.2, 0.25) is 0 Å². The van der Waals surface area contributed by atoms with E-state index in [2.05, 4.69) is 0 Å². The van der Waals surface area contributed by atoms with Crippen LogP contribution in [0.1, 0.15) is 5.56 Å². The van der Waals surface area contributed by atoms with Gasteiger partial charge in [-0.3, -0.25) is 0 Å². The summed E-state index contributed by atoms with van der Waals surface area (Å²) >= 11 is -3.23. The summed E-state index contributed by atoms with van der Waals surface area (Å²) < 4.78 is 0. The zero-order valence-electron chi connectivity index (χ0n) is 6.34. The van der Waals surface area contributed by atoms with Crippen LogP contribution in [0.4, 0.5) is 0 Å². The summed E-state index contributed by atoms with van der Waals surface area (Å²) in [6.07, 6.45) is 0. The van der Waals surface area contributed by atoms with Crippen molar-refractivity contribution < 1.29 is 11.8 Å². The Morgan fingerprint density at radius 2 is 1.50 bits per heavy atom. The third kappa shape index (κ3) is 5.77. The van der Waals surface area contributed by atoms with E-state index in [9.17, 15) is 0 Å². The number of rotatable bonds is 2. The van der Waals surface area contributed by atoms with E-state index < -0.39 is 11.8 Å². The Morgan fingerprint density at radius 1 is 1.00 bits per heavy atom. The molecule has 0 aliphatic heterocycles. The molecule has 66 valence electrons. The summed E-state index contributed by atoms with van der Waals surface area (Å²) in [6.45, 7) is 0. The van der Waals surface area contributed by atoms with Gasteiger partial charge in [0.15, 0.2) is 0 Å². The van der Waals surface area contributed by atoms with Crippen LogP contribution in [0.3, 0.4) is 0 Å². The van der Waals surface area contributed by atoms with Crippen LogP contribution < -0.4 is 0 Å². The van der Waals surface area contributed by atoms with E-state index in [1.807, 2.05) is 30.3 Å². The topological polar surface area (TPSA) is 0 Å². The van der Waals surface area contributed by atoms with Crippen LogP contribution in [0.2, 0.25) is 0 Å². The van der Waals surface area contributed by atoms with Crippen molar-refractivity contribution in [2.75, 3.05) is 0 Å². The van der Waals surface area contributed by atoms with Gasteiger partial charge < -0.3 is 0 Å². The molecule has 0 saturated carbocycles. The van der Waals surface area contributed by atoms with Crippen molar-refractivity contribution in [1.82, 2.24) is 0 Å². The minimum absolute atomic E-state index is 0. The average Bonchev–Trinajstić information content (AvgIpc) is 1.85. The molecule has 0 nitrogen and oxygen atoms in total. The number of halogens is 4. The van der Waals surface area contributed by atoms with Crippen LogP contribution in [-0.4, -0.2) is 0 Å². The van der Waals surface area contributed by atoms with Crippen molar-refractivity contribution >= 4 is 46.1 Å². The van der Waals surface area contributed by atoms with Crippen LogP contribution >= 0.6 is 46.1 Å². The summed E-state index contributed by atoms with van der Waals surface area (Å²) in [6, 6.07) is 9.85. The predicted molar refractivity (Wildman–Crippen MR) is 58.0 cm³/mol. The van der Waals surface area contributed by atoms with Crippen molar-refractivity contribution in [1.29, 1.82) is 0 Å². The Morgan fingerprint density at radius 3 is 1.92 bits per heavy atom. The van der Waals surface area contributed by atoms with Crippen molar-refractivity contribution in [3.8, 4) is 0 Å². The molecule has 0 aliphatic rings. The second-order valence-corrected chi connectivity index (χ2v) is 25.8. The van der Waals surface area contributed by atoms with Gasteiger partial charge in [-0.15, -0.1) is 17.0 Å². The van der Waals surface area contributed by atoms with Crippen LogP contribution in [0.25, 0.3) is 0 Å². The molecule has 0 unspecified atom stereocenters. The van der Waals surface area contributed by atoms with Gasteiger partial charge in [-0.1, -0.05) is 0 Å². The van der Waals surface area contributed by atoms with E-state index in [-0.39, 0.29) is 17.0 Å². The Bertz CT molecular complexity index is 222. The van der Waals surface area contributed by atoms with Gasteiger partial charge in [0.05, 0.1) is 0 Å². The van der Waals surface area contributed by atoms with E-state index in [1.54, 1.807) is 0 Å². The SMILES string of the molecule is Br.[Cl][Zn]([Cl])([Cl])[CH2]c1ccccc1. The molecule has 0 amide bonds. The standard InChI is InChI=1S/C7H7.BrH.3ClH.Zn/c1-7-5-3-2-4-6-7;;;;;/h2-6H,1H2;4*1H;/q;;;;;+3/p-3. The van der Waals surface area contributed by atoms with E-state index in [4.69, 9.17) is 29.1 Å². The fourth-order valence-corrected chi connectivity index (χ4v) is 6.45. The van der Waals surface area contributed by atoms with Crippen molar-refractivity contribution in [2.45, 2.75) is 5.02 Å². The minimum atomic E-state index is -3.23. The number of hydrogen-bond donors (Lipinski definition) is 0. The number of benzene rings is 1. The molecule has 5 heteroatoms. The molecule has 0 aliphatic carbocycles. The molecule has 1 rings (SSSR count). The third-order valence-electron chi connectivity index (χ3n) is 1.41. The van der Waals surface area contributed by atoms with Crippen LogP contribution in [-0.2, 0) is 16.8 Å². The van der Waals surface area contributed by atoms with E-state index in [0.29, 0.717) is 5.02 Å². The van der Waals surface area contributed by atoms with Gasteiger partial charge in [0, 0.05) is 0 Å². The molecule has 0 aromatic heterocycles. The molecular weight excluding hydrogens is 336 g/mol. The van der Waals surface area contributed by atoms with Gasteiger partial charge >= 0.3 is 81.8 Å². The first-order valence-corrected chi connectivity index (χ1v) is 17.4. The monoisotopic (exact) mass is 340 g/mol. The van der Waals surface area contributed by atoms with Crippen LogP contribution in [0.15, 0.2) is 30.3 Å². The van der Waals surface area contributed by atoms with Crippen molar-refractivity contribution in [3.05, 3.63) is 35.9 Å². The molecule has 0 atom stereocenters. The van der Waals surface area contributed by atoms with Gasteiger partial charge in [0.1, 0.15) is 0 Å². The molecule has 12 heavy (non-hydrogen) atoms. The molecule has 0 heterocycles. The summed E-state index contributed by atoms with van der Waals surface area (Å²) in [7, 11) is 17.5.